The summed E-state index contributed by atoms with van der Waals surface area (Å²) >= 11 is 1.45. The van der Waals surface area contributed by atoms with Crippen LogP contribution in [-0.4, -0.2) is 63.5 Å². The first kappa shape index (κ1) is 19.1. The van der Waals surface area contributed by atoms with Gasteiger partial charge >= 0.3 is 0 Å². The highest BCUT2D eigenvalue weighted by atomic mass is 32.2. The van der Waals surface area contributed by atoms with E-state index in [1.165, 1.54) is 17.3 Å². The van der Waals surface area contributed by atoms with Crippen molar-refractivity contribution < 1.29 is 9.59 Å². The predicted molar refractivity (Wildman–Crippen MR) is 109 cm³/mol. The van der Waals surface area contributed by atoms with Crippen molar-refractivity contribution in [2.45, 2.75) is 31.3 Å². The molecule has 7 heteroatoms. The van der Waals surface area contributed by atoms with Crippen LogP contribution in [-0.2, 0) is 16.0 Å². The van der Waals surface area contributed by atoms with Gasteiger partial charge in [-0.15, -0.1) is 0 Å². The van der Waals surface area contributed by atoms with Gasteiger partial charge in [-0.2, -0.15) is 0 Å². The van der Waals surface area contributed by atoms with Gasteiger partial charge in [-0.3, -0.25) is 9.59 Å². The summed E-state index contributed by atoms with van der Waals surface area (Å²) in [4.78, 5) is 36.4. The van der Waals surface area contributed by atoms with Gasteiger partial charge < -0.3 is 14.8 Å². The van der Waals surface area contributed by atoms with Crippen LogP contribution in [0.3, 0.4) is 0 Å². The minimum Gasteiger partial charge on any atom is -0.339 e. The summed E-state index contributed by atoms with van der Waals surface area (Å²) in [6, 6.07) is 10.3. The number of aryl methyl sites for hydroxylation is 1. The van der Waals surface area contributed by atoms with Crippen LogP contribution in [0.4, 0.5) is 0 Å². The van der Waals surface area contributed by atoms with Crippen molar-refractivity contribution in [3.63, 3.8) is 0 Å². The van der Waals surface area contributed by atoms with Gasteiger partial charge in [-0.1, -0.05) is 42.1 Å². The molecule has 1 aromatic carbocycles. The monoisotopic (exact) mass is 398 g/mol. The van der Waals surface area contributed by atoms with E-state index in [0.717, 1.165) is 35.8 Å². The fourth-order valence-corrected chi connectivity index (χ4v) is 4.33. The number of amides is 2. The molecule has 2 amide bonds. The highest BCUT2D eigenvalue weighted by molar-refractivity contribution is 7.99. The van der Waals surface area contributed by atoms with E-state index in [4.69, 9.17) is 0 Å². The van der Waals surface area contributed by atoms with E-state index in [2.05, 4.69) is 22.1 Å². The first-order chi connectivity index (χ1) is 13.6. The summed E-state index contributed by atoms with van der Waals surface area (Å²) in [6.07, 6.45) is 2.85. The number of nitrogens with one attached hydrogen (secondary N) is 1. The van der Waals surface area contributed by atoms with Crippen LogP contribution in [0, 0.1) is 12.8 Å². The number of H-pyrrole nitrogens is 1. The molecule has 2 fully saturated rings. The molecule has 1 aromatic heterocycles. The fraction of sp³-hybridized carbons (Fsp3) is 0.476. The van der Waals surface area contributed by atoms with Crippen molar-refractivity contribution in [1.82, 2.24) is 19.8 Å². The van der Waals surface area contributed by atoms with E-state index in [1.54, 1.807) is 0 Å². The van der Waals surface area contributed by atoms with Crippen molar-refractivity contribution >= 4 is 23.6 Å². The lowest BCUT2D eigenvalue weighted by atomic mass is 10.1. The number of hydrogen-bond acceptors (Lipinski definition) is 4. The number of benzene rings is 1. The molecule has 1 aliphatic heterocycles. The Morgan fingerprint density at radius 1 is 1.11 bits per heavy atom. The number of piperazine rings is 1. The maximum absolute atomic E-state index is 12.5. The van der Waals surface area contributed by atoms with Gasteiger partial charge in [-0.05, 0) is 25.3 Å². The third-order valence-electron chi connectivity index (χ3n) is 5.38. The Morgan fingerprint density at radius 2 is 1.79 bits per heavy atom. The van der Waals surface area contributed by atoms with E-state index in [0.29, 0.717) is 31.9 Å². The average Bonchev–Trinajstić information content (AvgIpc) is 3.51. The minimum absolute atomic E-state index is 0.113. The quantitative estimate of drug-likeness (QED) is 0.759. The lowest BCUT2D eigenvalue weighted by Gasteiger charge is -2.34. The molecule has 2 heterocycles. The second kappa shape index (κ2) is 8.39. The van der Waals surface area contributed by atoms with Gasteiger partial charge in [0, 0.05) is 44.2 Å². The van der Waals surface area contributed by atoms with Crippen molar-refractivity contribution in [3.8, 4) is 0 Å². The van der Waals surface area contributed by atoms with E-state index >= 15 is 0 Å². The molecule has 0 spiro atoms. The normalized spacial score (nSPS) is 17.0. The van der Waals surface area contributed by atoms with Gasteiger partial charge in [-0.25, -0.2) is 4.98 Å². The predicted octanol–water partition coefficient (Wildman–Crippen LogP) is 2.48. The van der Waals surface area contributed by atoms with Gasteiger partial charge in [0.15, 0.2) is 5.16 Å². The molecule has 148 valence electrons. The third-order valence-corrected chi connectivity index (χ3v) is 6.24. The van der Waals surface area contributed by atoms with Crippen LogP contribution in [0.2, 0.25) is 0 Å². The second-order valence-electron chi connectivity index (χ2n) is 7.55. The van der Waals surface area contributed by atoms with Crippen molar-refractivity contribution in [2.24, 2.45) is 5.92 Å². The van der Waals surface area contributed by atoms with E-state index in [1.807, 2.05) is 34.9 Å². The van der Waals surface area contributed by atoms with Crippen LogP contribution in [0.25, 0.3) is 0 Å². The second-order valence-corrected chi connectivity index (χ2v) is 8.51. The average molecular weight is 399 g/mol. The summed E-state index contributed by atoms with van der Waals surface area (Å²) in [6.45, 7) is 4.61. The highest BCUT2D eigenvalue weighted by Crippen LogP contribution is 2.31. The molecule has 28 heavy (non-hydrogen) atoms. The van der Waals surface area contributed by atoms with E-state index in [-0.39, 0.29) is 17.7 Å². The van der Waals surface area contributed by atoms with Crippen LogP contribution in [0.5, 0.6) is 0 Å². The summed E-state index contributed by atoms with van der Waals surface area (Å²) in [5.74, 6) is 1.01. The maximum atomic E-state index is 12.5. The molecule has 2 aliphatic rings. The number of imidazole rings is 1. The largest absolute Gasteiger partial charge is 0.339 e. The maximum Gasteiger partial charge on any atom is 0.233 e. The Labute approximate surface area is 169 Å². The zero-order chi connectivity index (χ0) is 19.5. The molecular weight excluding hydrogens is 372 g/mol. The topological polar surface area (TPSA) is 69.3 Å². The number of carbonyl (C=O) groups is 2. The van der Waals surface area contributed by atoms with Crippen molar-refractivity contribution in [1.29, 1.82) is 0 Å². The number of carbonyl (C=O) groups excluding carboxylic acids is 2. The Kier molecular flexibility index (Phi) is 5.71. The molecule has 1 saturated heterocycles. The molecule has 0 atom stereocenters. The van der Waals surface area contributed by atoms with Gasteiger partial charge in [0.2, 0.25) is 11.8 Å². The first-order valence-corrected chi connectivity index (χ1v) is 10.9. The van der Waals surface area contributed by atoms with Crippen LogP contribution in [0.15, 0.2) is 35.5 Å². The molecule has 1 saturated carbocycles. The van der Waals surface area contributed by atoms with Crippen molar-refractivity contribution in [3.05, 3.63) is 47.3 Å². The molecule has 0 radical (unpaired) electrons. The zero-order valence-electron chi connectivity index (χ0n) is 16.2. The molecule has 2 aromatic rings. The summed E-state index contributed by atoms with van der Waals surface area (Å²) in [5.41, 5.74) is 3.29. The molecular formula is C21H26N4O2S. The summed E-state index contributed by atoms with van der Waals surface area (Å²) in [7, 11) is 0. The number of thioether (sulfide) groups is 1. The summed E-state index contributed by atoms with van der Waals surface area (Å²) in [5, 5.41) is 0.791. The smallest absolute Gasteiger partial charge is 0.233 e. The van der Waals surface area contributed by atoms with Gasteiger partial charge in [0.25, 0.3) is 0 Å². The number of aromatic amines is 1. The number of rotatable bonds is 6. The molecule has 4 rings (SSSR count). The Morgan fingerprint density at radius 3 is 2.46 bits per heavy atom. The number of aromatic nitrogens is 2. The van der Waals surface area contributed by atoms with Crippen LogP contribution < -0.4 is 0 Å². The van der Waals surface area contributed by atoms with Crippen molar-refractivity contribution in [2.75, 3.05) is 31.9 Å². The van der Waals surface area contributed by atoms with E-state index in [9.17, 15) is 9.59 Å². The lowest BCUT2D eigenvalue weighted by Crippen LogP contribution is -2.51. The van der Waals surface area contributed by atoms with Crippen LogP contribution in [0.1, 0.15) is 29.8 Å². The Bertz CT molecular complexity index is 839. The molecule has 0 unspecified atom stereocenters. The zero-order valence-corrected chi connectivity index (χ0v) is 17.0. The van der Waals surface area contributed by atoms with Crippen LogP contribution >= 0.6 is 11.8 Å². The number of hydrogen-bond donors (Lipinski definition) is 1. The SMILES string of the molecule is Cc1[nH]c(SCC(=O)N2CCN(C(=O)C3CC3)CC2)nc1Cc1ccccc1. The Hall–Kier alpha value is -2.28. The lowest BCUT2D eigenvalue weighted by molar-refractivity contribution is -0.139. The standard InChI is InChI=1S/C21H26N4O2S/c1-15-18(13-16-5-3-2-4-6-16)23-21(22-15)28-14-19(26)24-9-11-25(12-10-24)20(27)17-7-8-17/h2-6,17H,7-14H2,1H3,(H,22,23). The molecule has 6 nitrogen and oxygen atoms in total. The minimum atomic E-state index is 0.113. The molecule has 0 bridgehead atoms. The number of nitrogens with zero attached hydrogens (tertiary/aromatic N) is 3. The van der Waals surface area contributed by atoms with Gasteiger partial charge in [0.1, 0.15) is 0 Å². The fourth-order valence-electron chi connectivity index (χ4n) is 3.48. The summed E-state index contributed by atoms with van der Waals surface area (Å²) < 4.78 is 0. The first-order valence-electron chi connectivity index (χ1n) is 9.89. The van der Waals surface area contributed by atoms with Gasteiger partial charge in [0.05, 0.1) is 11.4 Å². The van der Waals surface area contributed by atoms with E-state index < -0.39 is 0 Å². The third kappa shape index (κ3) is 4.58. The molecule has 1 N–H and O–H groups in total. The molecule has 1 aliphatic carbocycles. The Balaban J connectivity index is 1.26. The highest BCUT2D eigenvalue weighted by Gasteiger charge is 2.35.